The summed E-state index contributed by atoms with van der Waals surface area (Å²) in [7, 11) is 0. The number of aromatic nitrogens is 2. The molecule has 1 aliphatic rings. The Hall–Kier alpha value is -3.50. The minimum atomic E-state index is -5.85. The van der Waals surface area contributed by atoms with Crippen molar-refractivity contribution in [1.82, 2.24) is 19.6 Å². The van der Waals surface area contributed by atoms with Crippen LogP contribution in [0.25, 0.3) is 11.3 Å². The molecule has 0 saturated carbocycles. The van der Waals surface area contributed by atoms with Gasteiger partial charge in [0, 0.05) is 44.5 Å². The van der Waals surface area contributed by atoms with Crippen LogP contribution in [-0.4, -0.2) is 81.4 Å². The number of alkyl halides is 9. The van der Waals surface area contributed by atoms with Crippen molar-refractivity contribution in [3.8, 4) is 11.3 Å². The lowest BCUT2D eigenvalue weighted by molar-refractivity contribution is -0.308. The lowest BCUT2D eigenvalue weighted by Gasteiger charge is -2.35. The van der Waals surface area contributed by atoms with Gasteiger partial charge in [-0.2, -0.15) is 44.6 Å². The molecule has 1 amide bonds. The van der Waals surface area contributed by atoms with Crippen molar-refractivity contribution in [2.24, 2.45) is 0 Å². The molecule has 17 heteroatoms. The number of rotatable bonds is 6. The monoisotopic (exact) mass is 562 g/mol. The molecule has 1 N–H and O–H groups in total. The third-order valence-corrected chi connectivity index (χ3v) is 5.49. The van der Waals surface area contributed by atoms with E-state index in [4.69, 9.17) is 5.11 Å². The number of benzene rings is 1. The number of hydrogen-bond acceptors (Lipinski definition) is 5. The first-order valence-corrected chi connectivity index (χ1v) is 10.7. The van der Waals surface area contributed by atoms with Crippen LogP contribution in [0.3, 0.4) is 0 Å². The molecule has 0 aliphatic carbocycles. The Morgan fingerprint density at radius 3 is 2.08 bits per heavy atom. The number of aliphatic carboxylic acids is 1. The number of piperazine rings is 1. The van der Waals surface area contributed by atoms with Gasteiger partial charge in [-0.3, -0.25) is 14.4 Å². The maximum atomic E-state index is 13.3. The lowest BCUT2D eigenvalue weighted by atomic mass is 10.00. The van der Waals surface area contributed by atoms with Gasteiger partial charge in [-0.05, 0) is 23.8 Å². The van der Waals surface area contributed by atoms with Crippen LogP contribution >= 0.6 is 0 Å². The number of carbonyl (C=O) groups excluding carboxylic acids is 1. The molecule has 8 nitrogen and oxygen atoms in total. The largest absolute Gasteiger partial charge is 0.480 e. The summed E-state index contributed by atoms with van der Waals surface area (Å²) in [5.74, 6) is -1.22. The molecule has 0 radical (unpaired) electrons. The molecule has 1 aromatic carbocycles. The fraction of sp³-hybridized carbons (Fsp3) is 0.476. The Labute approximate surface area is 208 Å². The zero-order valence-corrected chi connectivity index (χ0v) is 19.1. The second kappa shape index (κ2) is 10.7. The van der Waals surface area contributed by atoms with Crippen LogP contribution in [-0.2, 0) is 28.8 Å². The number of carboxylic acid groups (broad SMARTS) is 1. The first kappa shape index (κ1) is 29.1. The van der Waals surface area contributed by atoms with Crippen molar-refractivity contribution in [3.63, 3.8) is 0 Å². The highest BCUT2D eigenvalue weighted by Gasteiger charge is 2.60. The van der Waals surface area contributed by atoms with Crippen LogP contribution in [0.4, 0.5) is 44.3 Å². The van der Waals surface area contributed by atoms with Gasteiger partial charge in [-0.15, -0.1) is 0 Å². The van der Waals surface area contributed by atoms with Gasteiger partial charge < -0.3 is 14.7 Å². The zero-order chi connectivity index (χ0) is 28.5. The summed E-state index contributed by atoms with van der Waals surface area (Å²) in [5, 5.41) is 12.9. The number of amides is 1. The average molecular weight is 562 g/mol. The molecule has 1 aromatic heterocycles. The normalized spacial score (nSPS) is 15.7. The molecule has 210 valence electrons. The quantitative estimate of drug-likeness (QED) is 0.526. The topological polar surface area (TPSA) is 87.9 Å². The minimum absolute atomic E-state index is 0.00409. The number of carbonyl (C=O) groups is 2. The van der Waals surface area contributed by atoms with E-state index in [1.807, 2.05) is 0 Å². The smallest absolute Gasteiger partial charge is 0.434 e. The summed E-state index contributed by atoms with van der Waals surface area (Å²) in [5.41, 5.74) is -0.548. The van der Waals surface area contributed by atoms with Gasteiger partial charge in [0.25, 0.3) is 6.10 Å². The van der Waals surface area contributed by atoms with E-state index in [9.17, 15) is 49.1 Å². The van der Waals surface area contributed by atoms with Crippen LogP contribution in [0.2, 0.25) is 0 Å². The maximum Gasteiger partial charge on any atom is 0.434 e. The molecule has 0 atom stereocenters. The Bertz CT molecular complexity index is 1140. The van der Waals surface area contributed by atoms with Crippen molar-refractivity contribution in [2.45, 2.75) is 37.7 Å². The molecule has 3 rings (SSSR count). The highest BCUT2D eigenvalue weighted by atomic mass is 19.4. The molecular formula is C21H19F9N4O4. The SMILES string of the molecule is O=C(O)Cn1ccc(-c2cc(C(F)(F)F)ccc2CN2CCN(C(=O)OC(C(F)(F)F)C(F)(F)F)CC2)n1. The molecule has 0 unspecified atom stereocenters. The average Bonchev–Trinajstić information content (AvgIpc) is 3.23. The van der Waals surface area contributed by atoms with Gasteiger partial charge in [-0.25, -0.2) is 4.79 Å². The van der Waals surface area contributed by atoms with Gasteiger partial charge >= 0.3 is 30.6 Å². The van der Waals surface area contributed by atoms with Crippen LogP contribution in [0.5, 0.6) is 0 Å². The fourth-order valence-corrected chi connectivity index (χ4v) is 3.69. The third kappa shape index (κ3) is 7.29. The second-order valence-corrected chi connectivity index (χ2v) is 8.27. The number of halogens is 9. The first-order chi connectivity index (χ1) is 17.4. The van der Waals surface area contributed by atoms with Crippen molar-refractivity contribution in [2.75, 3.05) is 26.2 Å². The van der Waals surface area contributed by atoms with Gasteiger partial charge in [-0.1, -0.05) is 6.07 Å². The van der Waals surface area contributed by atoms with Crippen LogP contribution in [0.1, 0.15) is 11.1 Å². The van der Waals surface area contributed by atoms with Crippen molar-refractivity contribution in [1.29, 1.82) is 0 Å². The highest BCUT2D eigenvalue weighted by molar-refractivity contribution is 5.68. The Morgan fingerprint density at radius 2 is 1.55 bits per heavy atom. The molecule has 0 spiro atoms. The summed E-state index contributed by atoms with van der Waals surface area (Å²) in [6.45, 7) is -1.21. The fourth-order valence-electron chi connectivity index (χ4n) is 3.69. The van der Waals surface area contributed by atoms with Crippen molar-refractivity contribution >= 4 is 12.1 Å². The Kier molecular flexibility index (Phi) is 8.18. The van der Waals surface area contributed by atoms with E-state index in [1.54, 1.807) is 4.90 Å². The third-order valence-electron chi connectivity index (χ3n) is 5.49. The van der Waals surface area contributed by atoms with E-state index >= 15 is 0 Å². The van der Waals surface area contributed by atoms with Crippen LogP contribution in [0, 0.1) is 0 Å². The van der Waals surface area contributed by atoms with Gasteiger partial charge in [0.2, 0.25) is 0 Å². The van der Waals surface area contributed by atoms with E-state index < -0.39 is 48.8 Å². The summed E-state index contributed by atoms with van der Waals surface area (Å²) in [4.78, 5) is 25.1. The van der Waals surface area contributed by atoms with E-state index in [0.717, 1.165) is 16.8 Å². The predicted molar refractivity (Wildman–Crippen MR) is 110 cm³/mol. The molecular weight excluding hydrogens is 543 g/mol. The molecule has 1 aliphatic heterocycles. The lowest BCUT2D eigenvalue weighted by Crippen LogP contribution is -2.52. The minimum Gasteiger partial charge on any atom is -0.480 e. The predicted octanol–water partition coefficient (Wildman–Crippen LogP) is 4.40. The molecule has 1 fully saturated rings. The summed E-state index contributed by atoms with van der Waals surface area (Å²) in [6.07, 6.45) is -21.2. The number of nitrogens with zero attached hydrogens (tertiary/aromatic N) is 4. The number of hydrogen-bond donors (Lipinski definition) is 1. The molecule has 0 bridgehead atoms. The molecule has 2 aromatic rings. The summed E-state index contributed by atoms with van der Waals surface area (Å²) < 4.78 is 121. The molecule has 38 heavy (non-hydrogen) atoms. The standard InChI is InChI=1S/C21H19F9N4O4/c22-19(23,24)13-2-1-12(14(9-13)15-3-4-34(31-15)11-16(35)36)10-32-5-7-33(8-6-32)18(37)38-17(20(25,26)27)21(28,29)30/h1-4,9,17H,5-8,10-11H2,(H,35,36). The Balaban J connectivity index is 1.73. The molecule has 2 heterocycles. The van der Waals surface area contributed by atoms with E-state index in [2.05, 4.69) is 9.84 Å². The first-order valence-electron chi connectivity index (χ1n) is 10.7. The highest BCUT2D eigenvalue weighted by Crippen LogP contribution is 2.36. The second-order valence-electron chi connectivity index (χ2n) is 8.27. The van der Waals surface area contributed by atoms with Gasteiger partial charge in [0.1, 0.15) is 6.54 Å². The number of carboxylic acids is 1. The van der Waals surface area contributed by atoms with Gasteiger partial charge in [0.15, 0.2) is 0 Å². The number of ether oxygens (including phenoxy) is 1. The van der Waals surface area contributed by atoms with Crippen LogP contribution in [0.15, 0.2) is 30.5 Å². The van der Waals surface area contributed by atoms with E-state index in [1.165, 1.54) is 18.3 Å². The van der Waals surface area contributed by atoms with E-state index in [0.29, 0.717) is 10.5 Å². The van der Waals surface area contributed by atoms with Gasteiger partial charge in [0.05, 0.1) is 11.3 Å². The van der Waals surface area contributed by atoms with Crippen molar-refractivity contribution < 1.29 is 58.9 Å². The van der Waals surface area contributed by atoms with Crippen LogP contribution < -0.4 is 0 Å². The van der Waals surface area contributed by atoms with Crippen molar-refractivity contribution in [3.05, 3.63) is 41.6 Å². The summed E-state index contributed by atoms with van der Waals surface area (Å²) >= 11 is 0. The molecule has 1 saturated heterocycles. The maximum absolute atomic E-state index is 13.3. The summed E-state index contributed by atoms with van der Waals surface area (Å²) in [6, 6.07) is 4.18. The van der Waals surface area contributed by atoms with E-state index in [-0.39, 0.29) is 44.0 Å². The zero-order valence-electron chi connectivity index (χ0n) is 19.1. The Morgan fingerprint density at radius 1 is 0.947 bits per heavy atom.